The van der Waals surface area contributed by atoms with Crippen molar-refractivity contribution in [3.8, 4) is 22.7 Å². The van der Waals surface area contributed by atoms with Crippen LogP contribution in [0.3, 0.4) is 0 Å². The van der Waals surface area contributed by atoms with E-state index in [9.17, 15) is 0 Å². The molecule has 1 aromatic heterocycles. The van der Waals surface area contributed by atoms with Crippen molar-refractivity contribution in [1.29, 1.82) is 0 Å². The van der Waals surface area contributed by atoms with Gasteiger partial charge in [0.05, 0.1) is 24.7 Å². The highest BCUT2D eigenvalue weighted by atomic mass is 16.5. The molecule has 0 saturated heterocycles. The van der Waals surface area contributed by atoms with Crippen LogP contribution >= 0.6 is 0 Å². The number of hydrogen-bond donors (Lipinski definition) is 1. The first-order chi connectivity index (χ1) is 10.6. The van der Waals surface area contributed by atoms with Crippen molar-refractivity contribution in [3.63, 3.8) is 0 Å². The minimum Gasteiger partial charge on any atom is -0.496 e. The molecule has 0 amide bonds. The Kier molecular flexibility index (Phi) is 3.55. The molecule has 0 bridgehead atoms. The predicted octanol–water partition coefficient (Wildman–Crippen LogP) is 3.14. The fourth-order valence-corrected chi connectivity index (χ4v) is 2.42. The van der Waals surface area contributed by atoms with Crippen LogP contribution in [-0.2, 0) is 0 Å². The molecule has 0 spiro atoms. The molecule has 22 heavy (non-hydrogen) atoms. The maximum Gasteiger partial charge on any atom is 0.124 e. The number of methoxy groups -OCH3 is 1. The van der Waals surface area contributed by atoms with E-state index in [2.05, 4.69) is 23.3 Å². The summed E-state index contributed by atoms with van der Waals surface area (Å²) in [6.45, 7) is 4.10. The fourth-order valence-electron chi connectivity index (χ4n) is 2.42. The Morgan fingerprint density at radius 3 is 2.50 bits per heavy atom. The number of aromatic nitrogens is 3. The van der Waals surface area contributed by atoms with Crippen LogP contribution < -0.4 is 10.5 Å². The summed E-state index contributed by atoms with van der Waals surface area (Å²) in [4.78, 5) is 0. The van der Waals surface area contributed by atoms with Gasteiger partial charge in [-0.05, 0) is 43.2 Å². The van der Waals surface area contributed by atoms with Gasteiger partial charge in [0, 0.05) is 17.3 Å². The normalized spacial score (nSPS) is 10.7. The molecule has 0 unspecified atom stereocenters. The van der Waals surface area contributed by atoms with Crippen molar-refractivity contribution in [1.82, 2.24) is 15.0 Å². The van der Waals surface area contributed by atoms with E-state index in [1.165, 1.54) is 0 Å². The van der Waals surface area contributed by atoms with E-state index < -0.39 is 0 Å². The Bertz CT molecular complexity index is 806. The number of nitrogens with two attached hydrogens (primary N) is 1. The van der Waals surface area contributed by atoms with E-state index >= 15 is 0 Å². The van der Waals surface area contributed by atoms with Gasteiger partial charge in [0.25, 0.3) is 0 Å². The van der Waals surface area contributed by atoms with Crippen LogP contribution in [0, 0.1) is 13.8 Å². The Morgan fingerprint density at radius 2 is 1.82 bits per heavy atom. The van der Waals surface area contributed by atoms with Gasteiger partial charge in [0.2, 0.25) is 0 Å². The van der Waals surface area contributed by atoms with E-state index in [1.807, 2.05) is 37.3 Å². The summed E-state index contributed by atoms with van der Waals surface area (Å²) in [6, 6.07) is 11.7. The molecule has 5 nitrogen and oxygen atoms in total. The second-order valence-electron chi connectivity index (χ2n) is 5.24. The van der Waals surface area contributed by atoms with E-state index in [-0.39, 0.29) is 0 Å². The molecular weight excluding hydrogens is 276 g/mol. The highest BCUT2D eigenvalue weighted by Gasteiger charge is 2.12. The van der Waals surface area contributed by atoms with Crippen LogP contribution in [0.4, 0.5) is 5.69 Å². The molecule has 3 rings (SSSR count). The van der Waals surface area contributed by atoms with Gasteiger partial charge in [-0.2, -0.15) is 0 Å². The van der Waals surface area contributed by atoms with Crippen LogP contribution in [0.5, 0.6) is 5.75 Å². The SMILES string of the molecule is COc1cc(-n2nncc2-c2ccc(N)cc2)cc(C)c1C. The molecule has 0 radical (unpaired) electrons. The van der Waals surface area contributed by atoms with E-state index in [0.29, 0.717) is 0 Å². The second-order valence-corrected chi connectivity index (χ2v) is 5.24. The summed E-state index contributed by atoms with van der Waals surface area (Å²) in [5.74, 6) is 0.841. The average Bonchev–Trinajstić information content (AvgIpc) is 3.00. The van der Waals surface area contributed by atoms with Crippen molar-refractivity contribution < 1.29 is 4.74 Å². The van der Waals surface area contributed by atoms with Crippen LogP contribution in [-0.4, -0.2) is 22.1 Å². The molecule has 2 N–H and O–H groups in total. The number of anilines is 1. The summed E-state index contributed by atoms with van der Waals surface area (Å²) in [7, 11) is 1.67. The minimum atomic E-state index is 0.732. The van der Waals surface area contributed by atoms with Gasteiger partial charge >= 0.3 is 0 Å². The highest BCUT2D eigenvalue weighted by molar-refractivity contribution is 5.64. The maximum absolute atomic E-state index is 5.75. The lowest BCUT2D eigenvalue weighted by Crippen LogP contribution is -2.02. The largest absolute Gasteiger partial charge is 0.496 e. The number of rotatable bonds is 3. The summed E-state index contributed by atoms with van der Waals surface area (Å²) < 4.78 is 7.25. The molecule has 0 aliphatic heterocycles. The minimum absolute atomic E-state index is 0.732. The molecular formula is C17H18N4O. The standard InChI is InChI=1S/C17H18N4O/c1-11-8-15(9-17(22-3)12(11)2)21-16(10-19-20-21)13-4-6-14(18)7-5-13/h4-10H,18H2,1-3H3. The van der Waals surface area contributed by atoms with Crippen molar-refractivity contribution >= 4 is 5.69 Å². The van der Waals surface area contributed by atoms with Crippen LogP contribution in [0.25, 0.3) is 16.9 Å². The number of hydrogen-bond acceptors (Lipinski definition) is 4. The predicted molar refractivity (Wildman–Crippen MR) is 87.2 cm³/mol. The van der Waals surface area contributed by atoms with Gasteiger partial charge in [0.1, 0.15) is 5.75 Å². The number of ether oxygens (including phenoxy) is 1. The van der Waals surface area contributed by atoms with Crippen molar-refractivity contribution in [3.05, 3.63) is 53.7 Å². The summed E-state index contributed by atoms with van der Waals surface area (Å²) in [5, 5.41) is 8.26. The zero-order chi connectivity index (χ0) is 15.7. The molecule has 0 aliphatic rings. The monoisotopic (exact) mass is 294 g/mol. The van der Waals surface area contributed by atoms with Gasteiger partial charge in [-0.25, -0.2) is 4.68 Å². The molecule has 0 saturated carbocycles. The fraction of sp³-hybridized carbons (Fsp3) is 0.176. The zero-order valence-corrected chi connectivity index (χ0v) is 12.9. The molecule has 0 atom stereocenters. The lowest BCUT2D eigenvalue weighted by Gasteiger charge is -2.12. The molecule has 112 valence electrons. The second kappa shape index (κ2) is 5.52. The van der Waals surface area contributed by atoms with Crippen LogP contribution in [0.2, 0.25) is 0 Å². The Hall–Kier alpha value is -2.82. The van der Waals surface area contributed by atoms with Gasteiger partial charge in [0.15, 0.2) is 0 Å². The Labute approximate surface area is 129 Å². The molecule has 1 heterocycles. The van der Waals surface area contributed by atoms with Crippen LogP contribution in [0.1, 0.15) is 11.1 Å². The summed E-state index contributed by atoms with van der Waals surface area (Å²) >= 11 is 0. The third-order valence-corrected chi connectivity index (χ3v) is 3.82. The smallest absolute Gasteiger partial charge is 0.124 e. The van der Waals surface area contributed by atoms with Gasteiger partial charge in [-0.1, -0.05) is 17.3 Å². The van der Waals surface area contributed by atoms with Crippen molar-refractivity contribution in [2.75, 3.05) is 12.8 Å². The lowest BCUT2D eigenvalue weighted by atomic mass is 10.1. The number of benzene rings is 2. The highest BCUT2D eigenvalue weighted by Crippen LogP contribution is 2.28. The van der Waals surface area contributed by atoms with E-state index in [1.54, 1.807) is 18.0 Å². The third kappa shape index (κ3) is 2.41. The molecule has 5 heteroatoms. The Morgan fingerprint density at radius 1 is 1.09 bits per heavy atom. The van der Waals surface area contributed by atoms with Gasteiger partial charge in [-0.3, -0.25) is 0 Å². The van der Waals surface area contributed by atoms with E-state index in [0.717, 1.165) is 39.5 Å². The number of nitrogens with zero attached hydrogens (tertiary/aromatic N) is 3. The first kappa shape index (κ1) is 14.1. The first-order valence-electron chi connectivity index (χ1n) is 7.02. The molecule has 3 aromatic rings. The Balaban J connectivity index is 2.13. The molecule has 0 aliphatic carbocycles. The topological polar surface area (TPSA) is 66.0 Å². The zero-order valence-electron chi connectivity index (χ0n) is 12.9. The number of nitrogen functional groups attached to an aromatic ring is 1. The average molecular weight is 294 g/mol. The quantitative estimate of drug-likeness (QED) is 0.754. The number of aryl methyl sites for hydroxylation is 1. The molecule has 2 aromatic carbocycles. The maximum atomic E-state index is 5.75. The lowest BCUT2D eigenvalue weighted by molar-refractivity contribution is 0.411. The first-order valence-corrected chi connectivity index (χ1v) is 7.02. The van der Waals surface area contributed by atoms with Gasteiger partial charge < -0.3 is 10.5 Å². The summed E-state index contributed by atoms with van der Waals surface area (Å²) in [5.41, 5.74) is 11.6. The van der Waals surface area contributed by atoms with E-state index in [4.69, 9.17) is 10.5 Å². The third-order valence-electron chi connectivity index (χ3n) is 3.82. The summed E-state index contributed by atoms with van der Waals surface area (Å²) in [6.07, 6.45) is 1.74. The molecule has 0 fully saturated rings. The van der Waals surface area contributed by atoms with Crippen molar-refractivity contribution in [2.24, 2.45) is 0 Å². The van der Waals surface area contributed by atoms with Gasteiger partial charge in [-0.15, -0.1) is 5.10 Å². The van der Waals surface area contributed by atoms with Crippen molar-refractivity contribution in [2.45, 2.75) is 13.8 Å². The van der Waals surface area contributed by atoms with Crippen LogP contribution in [0.15, 0.2) is 42.6 Å².